The van der Waals surface area contributed by atoms with Gasteiger partial charge in [0, 0.05) is 6.10 Å². The normalized spacial score (nSPS) is 30.9. The van der Waals surface area contributed by atoms with Crippen LogP contribution in [0.1, 0.15) is 52.0 Å². The quantitative estimate of drug-likeness (QED) is 0.667. The Kier molecular flexibility index (Phi) is 5.57. The highest BCUT2D eigenvalue weighted by molar-refractivity contribution is 6.98. The van der Waals surface area contributed by atoms with Crippen LogP contribution >= 0.6 is 0 Å². The van der Waals surface area contributed by atoms with Crippen molar-refractivity contribution in [2.75, 3.05) is 0 Å². The zero-order valence-corrected chi connectivity index (χ0v) is 18.2. The summed E-state index contributed by atoms with van der Waals surface area (Å²) >= 11 is 0. The summed E-state index contributed by atoms with van der Waals surface area (Å²) in [7, 11) is -2.18. The van der Waals surface area contributed by atoms with Gasteiger partial charge in [0.2, 0.25) is 0 Å². The molecule has 0 bridgehead atoms. The Morgan fingerprint density at radius 1 is 0.963 bits per heavy atom. The summed E-state index contributed by atoms with van der Waals surface area (Å²) in [5.41, 5.74) is 1.53. The van der Waals surface area contributed by atoms with Crippen LogP contribution in [0.2, 0.25) is 6.04 Å². The summed E-state index contributed by atoms with van der Waals surface area (Å²) in [6.45, 7) is 7.20. The third-order valence-corrected chi connectivity index (χ3v) is 11.4. The van der Waals surface area contributed by atoms with E-state index in [-0.39, 0.29) is 0 Å². The number of hydrogen-bond donors (Lipinski definition) is 0. The molecule has 2 aliphatic rings. The molecule has 2 heteroatoms. The lowest BCUT2D eigenvalue weighted by Crippen LogP contribution is -2.65. The molecule has 1 aliphatic heterocycles. The standard InChI is InChI=1S/C25H34OSi/c1-19(2)23-16-15-20(3)18-24(23)26-27(22-12-5-4-6-13-22)17-9-11-21-10-7-8-14-25(21)27/h4-8,10,12-14,19-20,23-24H,9,11,15-18H2,1-3H3/t20-,23+,24-,27?/m1/s1. The van der Waals surface area contributed by atoms with E-state index in [1.807, 2.05) is 0 Å². The Morgan fingerprint density at radius 2 is 1.70 bits per heavy atom. The first kappa shape index (κ1) is 19.0. The van der Waals surface area contributed by atoms with Gasteiger partial charge in [-0.3, -0.25) is 0 Å². The molecule has 27 heavy (non-hydrogen) atoms. The maximum atomic E-state index is 7.42. The molecule has 0 aromatic heterocycles. The fourth-order valence-electron chi connectivity index (χ4n) is 5.50. The summed E-state index contributed by atoms with van der Waals surface area (Å²) in [4.78, 5) is 0. The van der Waals surface area contributed by atoms with Crippen LogP contribution in [-0.2, 0) is 10.8 Å². The predicted molar refractivity (Wildman–Crippen MR) is 117 cm³/mol. The van der Waals surface area contributed by atoms with Gasteiger partial charge in [0.15, 0.2) is 0 Å². The largest absolute Gasteiger partial charge is 0.405 e. The molecule has 1 nitrogen and oxygen atoms in total. The SMILES string of the molecule is CC(C)[C@@H]1CC[C@@H](C)C[C@H]1O[Si]1(c2ccccc2)CCCc2ccccc21. The van der Waals surface area contributed by atoms with Crippen molar-refractivity contribution in [1.29, 1.82) is 0 Å². The van der Waals surface area contributed by atoms with E-state index in [0.29, 0.717) is 17.9 Å². The van der Waals surface area contributed by atoms with Gasteiger partial charge in [-0.05, 0) is 65.4 Å². The highest BCUT2D eigenvalue weighted by atomic mass is 28.4. The van der Waals surface area contributed by atoms with Gasteiger partial charge in [0.05, 0.1) is 0 Å². The van der Waals surface area contributed by atoms with Crippen LogP contribution in [0.5, 0.6) is 0 Å². The van der Waals surface area contributed by atoms with E-state index in [1.54, 1.807) is 5.19 Å². The van der Waals surface area contributed by atoms with Crippen LogP contribution in [0, 0.1) is 17.8 Å². The minimum Gasteiger partial charge on any atom is -0.405 e. The van der Waals surface area contributed by atoms with Crippen LogP contribution in [0.4, 0.5) is 0 Å². The first-order valence-corrected chi connectivity index (χ1v) is 13.0. The van der Waals surface area contributed by atoms with E-state index < -0.39 is 8.32 Å². The van der Waals surface area contributed by atoms with E-state index in [1.165, 1.54) is 48.9 Å². The Bertz CT molecular complexity index is 756. The second-order valence-electron chi connectivity index (χ2n) is 9.19. The van der Waals surface area contributed by atoms with E-state index >= 15 is 0 Å². The van der Waals surface area contributed by atoms with E-state index in [4.69, 9.17) is 4.43 Å². The molecule has 144 valence electrons. The second-order valence-corrected chi connectivity index (χ2v) is 12.7. The highest BCUT2D eigenvalue weighted by Gasteiger charge is 2.46. The molecule has 4 rings (SSSR count). The molecule has 1 aliphatic carbocycles. The number of rotatable bonds is 4. The molecular formula is C25H34OSi. The monoisotopic (exact) mass is 378 g/mol. The van der Waals surface area contributed by atoms with E-state index in [2.05, 4.69) is 75.4 Å². The number of hydrogen-bond acceptors (Lipinski definition) is 1. The fraction of sp³-hybridized carbons (Fsp3) is 0.520. The summed E-state index contributed by atoms with van der Waals surface area (Å²) in [6.07, 6.45) is 6.78. The van der Waals surface area contributed by atoms with Crippen LogP contribution in [-0.4, -0.2) is 14.4 Å². The molecule has 1 unspecified atom stereocenters. The van der Waals surface area contributed by atoms with Gasteiger partial charge < -0.3 is 4.43 Å². The van der Waals surface area contributed by atoms with Crippen molar-refractivity contribution in [3.05, 3.63) is 60.2 Å². The first-order valence-electron chi connectivity index (χ1n) is 10.9. The molecule has 0 amide bonds. The summed E-state index contributed by atoms with van der Waals surface area (Å²) < 4.78 is 7.42. The van der Waals surface area contributed by atoms with Gasteiger partial charge in [0.25, 0.3) is 8.32 Å². The zero-order chi connectivity index (χ0) is 18.9. The third-order valence-electron chi connectivity index (χ3n) is 6.98. The number of aryl methyl sites for hydroxylation is 1. The van der Waals surface area contributed by atoms with Crippen LogP contribution in [0.3, 0.4) is 0 Å². The molecule has 0 N–H and O–H groups in total. The van der Waals surface area contributed by atoms with Crippen molar-refractivity contribution in [3.63, 3.8) is 0 Å². The summed E-state index contributed by atoms with van der Waals surface area (Å²) in [6, 6.07) is 21.6. The lowest BCUT2D eigenvalue weighted by molar-refractivity contribution is 0.0416. The second kappa shape index (κ2) is 7.93. The molecule has 1 heterocycles. The van der Waals surface area contributed by atoms with Crippen LogP contribution in [0.15, 0.2) is 54.6 Å². The Labute approximate surface area is 166 Å². The molecular weight excluding hydrogens is 344 g/mol. The van der Waals surface area contributed by atoms with Crippen molar-refractivity contribution >= 4 is 18.7 Å². The average molecular weight is 379 g/mol. The molecule has 0 radical (unpaired) electrons. The Hall–Kier alpha value is -1.38. The Balaban J connectivity index is 1.78. The van der Waals surface area contributed by atoms with Crippen LogP contribution in [0.25, 0.3) is 0 Å². The highest BCUT2D eigenvalue weighted by Crippen LogP contribution is 2.38. The molecule has 0 spiro atoms. The molecule has 0 saturated heterocycles. The molecule has 1 saturated carbocycles. The van der Waals surface area contributed by atoms with Crippen molar-refractivity contribution in [1.82, 2.24) is 0 Å². The van der Waals surface area contributed by atoms with Crippen molar-refractivity contribution in [2.24, 2.45) is 17.8 Å². The van der Waals surface area contributed by atoms with Gasteiger partial charge in [-0.15, -0.1) is 0 Å². The average Bonchev–Trinajstić information content (AvgIpc) is 2.69. The lowest BCUT2D eigenvalue weighted by atomic mass is 9.75. The van der Waals surface area contributed by atoms with Crippen molar-refractivity contribution < 1.29 is 4.43 Å². The molecule has 4 atom stereocenters. The predicted octanol–water partition coefficient (Wildman–Crippen LogP) is 5.17. The van der Waals surface area contributed by atoms with Crippen molar-refractivity contribution in [3.8, 4) is 0 Å². The number of benzene rings is 2. The van der Waals surface area contributed by atoms with Gasteiger partial charge >= 0.3 is 0 Å². The Morgan fingerprint density at radius 3 is 2.48 bits per heavy atom. The van der Waals surface area contributed by atoms with E-state index in [9.17, 15) is 0 Å². The summed E-state index contributed by atoms with van der Waals surface area (Å²) in [5, 5.41) is 3.01. The maximum Gasteiger partial charge on any atom is 0.256 e. The van der Waals surface area contributed by atoms with E-state index in [0.717, 1.165) is 5.92 Å². The molecule has 2 aromatic carbocycles. The minimum atomic E-state index is -2.18. The van der Waals surface area contributed by atoms with Gasteiger partial charge in [-0.1, -0.05) is 81.8 Å². The van der Waals surface area contributed by atoms with Crippen molar-refractivity contribution in [2.45, 2.75) is 65.0 Å². The molecule has 1 fully saturated rings. The van der Waals surface area contributed by atoms with Gasteiger partial charge in [-0.25, -0.2) is 0 Å². The third kappa shape index (κ3) is 3.66. The van der Waals surface area contributed by atoms with Crippen LogP contribution < -0.4 is 10.4 Å². The maximum absolute atomic E-state index is 7.42. The fourth-order valence-corrected chi connectivity index (χ4v) is 10.0. The topological polar surface area (TPSA) is 9.23 Å². The van der Waals surface area contributed by atoms with Gasteiger partial charge in [0.1, 0.15) is 0 Å². The van der Waals surface area contributed by atoms with Gasteiger partial charge in [-0.2, -0.15) is 0 Å². The molecule has 2 aromatic rings. The smallest absolute Gasteiger partial charge is 0.256 e. The zero-order valence-electron chi connectivity index (χ0n) is 17.2. The number of fused-ring (bicyclic) bond motifs is 1. The lowest BCUT2D eigenvalue weighted by Gasteiger charge is -2.45. The minimum absolute atomic E-state index is 0.409. The first-order chi connectivity index (χ1) is 13.1. The summed E-state index contributed by atoms with van der Waals surface area (Å²) in [5.74, 6) is 2.18.